The zero-order chi connectivity index (χ0) is 11.4. The minimum atomic E-state index is 0.154. The van der Waals surface area contributed by atoms with Gasteiger partial charge in [-0.05, 0) is 24.7 Å². The molecule has 1 unspecified atom stereocenters. The number of halogens is 1. The van der Waals surface area contributed by atoms with Gasteiger partial charge < -0.3 is 4.74 Å². The first-order chi connectivity index (χ1) is 7.78. The van der Waals surface area contributed by atoms with Gasteiger partial charge in [-0.1, -0.05) is 23.7 Å². The molecule has 0 aromatic heterocycles. The number of nitrogens with one attached hydrogen (secondary N) is 1. The number of morpholine rings is 1. The van der Waals surface area contributed by atoms with Crippen LogP contribution in [0.2, 0.25) is 5.02 Å². The third-order valence-electron chi connectivity index (χ3n) is 2.79. The smallest absolute Gasteiger partial charge is 0.120 e. The molecule has 4 heteroatoms. The van der Waals surface area contributed by atoms with Gasteiger partial charge in [0.1, 0.15) is 6.23 Å². The number of likely N-dealkylation sites (N-methyl/N-ethyl adjacent to an activating group) is 1. The molecule has 88 valence electrons. The standard InChI is InChI=1S/C12H17ClN2O/c1-14-12-9-15(6-7-16-12)8-10-2-4-11(13)5-3-10/h2-5,12,14H,6-9H2,1H3. The first kappa shape index (κ1) is 11.9. The van der Waals surface area contributed by atoms with Gasteiger partial charge in [-0.25, -0.2) is 0 Å². The maximum Gasteiger partial charge on any atom is 0.120 e. The van der Waals surface area contributed by atoms with Crippen LogP contribution in [0.4, 0.5) is 0 Å². The molecule has 16 heavy (non-hydrogen) atoms. The molecule has 1 aliphatic rings. The molecule has 1 fully saturated rings. The van der Waals surface area contributed by atoms with Crippen LogP contribution in [0.5, 0.6) is 0 Å². The van der Waals surface area contributed by atoms with E-state index in [9.17, 15) is 0 Å². The van der Waals surface area contributed by atoms with E-state index in [0.29, 0.717) is 0 Å². The molecule has 3 nitrogen and oxygen atoms in total. The quantitative estimate of drug-likeness (QED) is 0.871. The van der Waals surface area contributed by atoms with Crippen LogP contribution in [-0.2, 0) is 11.3 Å². The van der Waals surface area contributed by atoms with Gasteiger partial charge in [0.25, 0.3) is 0 Å². The summed E-state index contributed by atoms with van der Waals surface area (Å²) < 4.78 is 5.54. The van der Waals surface area contributed by atoms with E-state index < -0.39 is 0 Å². The molecule has 0 saturated carbocycles. The molecular weight excluding hydrogens is 224 g/mol. The molecule has 1 aliphatic heterocycles. The number of nitrogens with zero attached hydrogens (tertiary/aromatic N) is 1. The Hall–Kier alpha value is -0.610. The zero-order valence-corrected chi connectivity index (χ0v) is 10.2. The van der Waals surface area contributed by atoms with Crippen LogP contribution < -0.4 is 5.32 Å². The summed E-state index contributed by atoms with van der Waals surface area (Å²) in [5.41, 5.74) is 1.29. The van der Waals surface area contributed by atoms with Crippen LogP contribution in [0.1, 0.15) is 5.56 Å². The molecule has 1 heterocycles. The lowest BCUT2D eigenvalue weighted by molar-refractivity contribution is -0.0442. The highest BCUT2D eigenvalue weighted by Gasteiger charge is 2.18. The Bertz CT molecular complexity index is 328. The summed E-state index contributed by atoms with van der Waals surface area (Å²) in [6, 6.07) is 8.03. The van der Waals surface area contributed by atoms with E-state index in [0.717, 1.165) is 31.3 Å². The summed E-state index contributed by atoms with van der Waals surface area (Å²) >= 11 is 5.86. The van der Waals surface area contributed by atoms with Crippen LogP contribution in [0.3, 0.4) is 0 Å². The molecule has 0 aliphatic carbocycles. The Morgan fingerprint density at radius 1 is 1.44 bits per heavy atom. The van der Waals surface area contributed by atoms with E-state index in [4.69, 9.17) is 16.3 Å². The Morgan fingerprint density at radius 3 is 2.88 bits per heavy atom. The van der Waals surface area contributed by atoms with E-state index in [1.54, 1.807) is 0 Å². The molecule has 0 spiro atoms. The number of hydrogen-bond donors (Lipinski definition) is 1. The highest BCUT2D eigenvalue weighted by Crippen LogP contribution is 2.13. The lowest BCUT2D eigenvalue weighted by atomic mass is 10.2. The highest BCUT2D eigenvalue weighted by molar-refractivity contribution is 6.30. The molecule has 1 aromatic rings. The summed E-state index contributed by atoms with van der Waals surface area (Å²) in [6.45, 7) is 3.66. The van der Waals surface area contributed by atoms with Gasteiger partial charge in [0.15, 0.2) is 0 Å². The van der Waals surface area contributed by atoms with Crippen molar-refractivity contribution in [2.75, 3.05) is 26.7 Å². The van der Waals surface area contributed by atoms with Crippen molar-refractivity contribution in [2.45, 2.75) is 12.8 Å². The van der Waals surface area contributed by atoms with Crippen molar-refractivity contribution in [2.24, 2.45) is 0 Å². The van der Waals surface area contributed by atoms with Gasteiger partial charge in [-0.15, -0.1) is 0 Å². The van der Waals surface area contributed by atoms with Crippen LogP contribution in [0.25, 0.3) is 0 Å². The molecule has 0 radical (unpaired) electrons. The van der Waals surface area contributed by atoms with E-state index in [2.05, 4.69) is 22.3 Å². The van der Waals surface area contributed by atoms with Crippen molar-refractivity contribution in [1.82, 2.24) is 10.2 Å². The largest absolute Gasteiger partial charge is 0.361 e. The number of benzene rings is 1. The normalized spacial score (nSPS) is 22.2. The topological polar surface area (TPSA) is 24.5 Å². The van der Waals surface area contributed by atoms with Gasteiger partial charge >= 0.3 is 0 Å². The summed E-state index contributed by atoms with van der Waals surface area (Å²) in [7, 11) is 1.93. The second-order valence-corrected chi connectivity index (χ2v) is 4.45. The summed E-state index contributed by atoms with van der Waals surface area (Å²) in [4.78, 5) is 2.38. The van der Waals surface area contributed by atoms with Gasteiger partial charge in [0.2, 0.25) is 0 Å². The van der Waals surface area contributed by atoms with Crippen molar-refractivity contribution in [3.63, 3.8) is 0 Å². The maximum atomic E-state index is 5.86. The monoisotopic (exact) mass is 240 g/mol. The van der Waals surface area contributed by atoms with Gasteiger partial charge in [0, 0.05) is 24.7 Å². The highest BCUT2D eigenvalue weighted by atomic mass is 35.5. The Labute approximate surface area is 101 Å². The third-order valence-corrected chi connectivity index (χ3v) is 3.04. The molecule has 1 aromatic carbocycles. The van der Waals surface area contributed by atoms with Crippen molar-refractivity contribution in [3.8, 4) is 0 Å². The van der Waals surface area contributed by atoms with Crippen LogP contribution >= 0.6 is 11.6 Å². The Kier molecular flexibility index (Phi) is 4.18. The Morgan fingerprint density at radius 2 is 2.19 bits per heavy atom. The average Bonchev–Trinajstić information content (AvgIpc) is 2.32. The lowest BCUT2D eigenvalue weighted by Crippen LogP contribution is -2.47. The van der Waals surface area contributed by atoms with Crippen molar-refractivity contribution in [3.05, 3.63) is 34.9 Å². The van der Waals surface area contributed by atoms with Crippen LogP contribution in [0, 0.1) is 0 Å². The number of hydrogen-bond acceptors (Lipinski definition) is 3. The Balaban J connectivity index is 1.91. The van der Waals surface area contributed by atoms with E-state index >= 15 is 0 Å². The molecule has 1 N–H and O–H groups in total. The molecule has 2 rings (SSSR count). The van der Waals surface area contributed by atoms with Crippen LogP contribution in [0.15, 0.2) is 24.3 Å². The summed E-state index contributed by atoms with van der Waals surface area (Å²) in [5.74, 6) is 0. The minimum Gasteiger partial charge on any atom is -0.361 e. The average molecular weight is 241 g/mol. The molecular formula is C12H17ClN2O. The van der Waals surface area contributed by atoms with Gasteiger partial charge in [-0.3, -0.25) is 10.2 Å². The fourth-order valence-corrected chi connectivity index (χ4v) is 1.99. The number of rotatable bonds is 3. The number of ether oxygens (including phenoxy) is 1. The SMILES string of the molecule is CNC1CN(Cc2ccc(Cl)cc2)CCO1. The zero-order valence-electron chi connectivity index (χ0n) is 9.45. The first-order valence-corrected chi connectivity index (χ1v) is 5.91. The van der Waals surface area contributed by atoms with E-state index in [-0.39, 0.29) is 6.23 Å². The van der Waals surface area contributed by atoms with Gasteiger partial charge in [-0.2, -0.15) is 0 Å². The molecule has 0 amide bonds. The van der Waals surface area contributed by atoms with Crippen molar-refractivity contribution >= 4 is 11.6 Å². The van der Waals surface area contributed by atoms with Crippen molar-refractivity contribution in [1.29, 1.82) is 0 Å². The van der Waals surface area contributed by atoms with Crippen molar-refractivity contribution < 1.29 is 4.74 Å². The van der Waals surface area contributed by atoms with Crippen LogP contribution in [-0.4, -0.2) is 37.9 Å². The fourth-order valence-electron chi connectivity index (χ4n) is 1.87. The van der Waals surface area contributed by atoms with Gasteiger partial charge in [0.05, 0.1) is 6.61 Å². The first-order valence-electron chi connectivity index (χ1n) is 5.53. The summed E-state index contributed by atoms with van der Waals surface area (Å²) in [5, 5.41) is 3.93. The predicted octanol–water partition coefficient (Wildman–Crippen LogP) is 1.72. The lowest BCUT2D eigenvalue weighted by Gasteiger charge is -2.32. The fraction of sp³-hybridized carbons (Fsp3) is 0.500. The third kappa shape index (κ3) is 3.19. The maximum absolute atomic E-state index is 5.86. The van der Waals surface area contributed by atoms with E-state index in [1.165, 1.54) is 5.56 Å². The summed E-state index contributed by atoms with van der Waals surface area (Å²) in [6.07, 6.45) is 0.154. The molecule has 1 saturated heterocycles. The predicted molar refractivity (Wildman–Crippen MR) is 65.5 cm³/mol. The second kappa shape index (κ2) is 5.64. The molecule has 0 bridgehead atoms. The molecule has 1 atom stereocenters. The second-order valence-electron chi connectivity index (χ2n) is 4.01. The van der Waals surface area contributed by atoms with E-state index in [1.807, 2.05) is 19.2 Å². The minimum absolute atomic E-state index is 0.154.